The van der Waals surface area contributed by atoms with Crippen molar-refractivity contribution < 1.29 is 4.74 Å². The second-order valence-corrected chi connectivity index (χ2v) is 5.14. The van der Waals surface area contributed by atoms with Crippen molar-refractivity contribution in [3.8, 4) is 28.0 Å². The van der Waals surface area contributed by atoms with Gasteiger partial charge in [0.25, 0.3) is 0 Å². The predicted molar refractivity (Wildman–Crippen MR) is 88.2 cm³/mol. The van der Waals surface area contributed by atoms with Crippen molar-refractivity contribution >= 4 is 5.65 Å². The van der Waals surface area contributed by atoms with Gasteiger partial charge in [-0.15, -0.1) is 0 Å². The number of aromatic nitrogens is 4. The highest BCUT2D eigenvalue weighted by Gasteiger charge is 2.09. The highest BCUT2D eigenvalue weighted by molar-refractivity contribution is 5.77. The quantitative estimate of drug-likeness (QED) is 0.581. The summed E-state index contributed by atoms with van der Waals surface area (Å²) in [5, 5.41) is 4.43. The first-order valence-electron chi connectivity index (χ1n) is 7.23. The lowest BCUT2D eigenvalue weighted by atomic mass is 10.1. The van der Waals surface area contributed by atoms with Crippen LogP contribution in [-0.2, 0) is 0 Å². The van der Waals surface area contributed by atoms with E-state index in [2.05, 4.69) is 15.1 Å². The first-order valence-corrected chi connectivity index (χ1v) is 7.23. The molecule has 0 radical (unpaired) electrons. The number of nitrogens with zero attached hydrogens (tertiary/aromatic N) is 4. The molecular weight excluding hydrogens is 288 g/mol. The van der Waals surface area contributed by atoms with Gasteiger partial charge in [-0.25, -0.2) is 9.50 Å². The SMILES string of the molecule is COc1cccc(-c2cnc3c(-c4ccncc4)cnn3c2)c1. The second-order valence-electron chi connectivity index (χ2n) is 5.14. The summed E-state index contributed by atoms with van der Waals surface area (Å²) >= 11 is 0. The number of pyridine rings is 1. The lowest BCUT2D eigenvalue weighted by molar-refractivity contribution is 0.415. The topological polar surface area (TPSA) is 52.3 Å². The summed E-state index contributed by atoms with van der Waals surface area (Å²) < 4.78 is 7.07. The molecule has 0 unspecified atom stereocenters. The van der Waals surface area contributed by atoms with Gasteiger partial charge in [0.05, 0.1) is 13.3 Å². The molecule has 5 heteroatoms. The zero-order valence-corrected chi connectivity index (χ0v) is 12.5. The van der Waals surface area contributed by atoms with Crippen LogP contribution in [0.4, 0.5) is 0 Å². The molecule has 112 valence electrons. The fourth-order valence-electron chi connectivity index (χ4n) is 2.56. The van der Waals surface area contributed by atoms with Crippen LogP contribution in [0.5, 0.6) is 5.75 Å². The second kappa shape index (κ2) is 5.53. The van der Waals surface area contributed by atoms with Crippen molar-refractivity contribution in [3.05, 3.63) is 67.4 Å². The maximum Gasteiger partial charge on any atom is 0.162 e. The van der Waals surface area contributed by atoms with E-state index in [-0.39, 0.29) is 0 Å². The molecule has 1 aromatic carbocycles. The Kier molecular flexibility index (Phi) is 3.24. The fourth-order valence-corrected chi connectivity index (χ4v) is 2.56. The van der Waals surface area contributed by atoms with Crippen molar-refractivity contribution in [2.45, 2.75) is 0 Å². The average molecular weight is 302 g/mol. The number of benzene rings is 1. The minimum Gasteiger partial charge on any atom is -0.497 e. The molecule has 0 atom stereocenters. The maximum absolute atomic E-state index is 5.28. The monoisotopic (exact) mass is 302 g/mol. The van der Waals surface area contributed by atoms with Crippen LogP contribution in [0.3, 0.4) is 0 Å². The van der Waals surface area contributed by atoms with Crippen LogP contribution in [0, 0.1) is 0 Å². The molecule has 5 nitrogen and oxygen atoms in total. The molecule has 0 saturated heterocycles. The normalized spacial score (nSPS) is 10.8. The van der Waals surface area contributed by atoms with Crippen molar-refractivity contribution in [1.29, 1.82) is 0 Å². The minimum absolute atomic E-state index is 0.820. The van der Waals surface area contributed by atoms with Crippen LogP contribution in [0.1, 0.15) is 0 Å². The van der Waals surface area contributed by atoms with Gasteiger partial charge in [-0.1, -0.05) is 12.1 Å². The number of hydrogen-bond acceptors (Lipinski definition) is 4. The van der Waals surface area contributed by atoms with Crippen molar-refractivity contribution in [3.63, 3.8) is 0 Å². The number of hydrogen-bond donors (Lipinski definition) is 0. The Bertz CT molecular complexity index is 963. The lowest BCUT2D eigenvalue weighted by Gasteiger charge is -2.05. The van der Waals surface area contributed by atoms with Crippen LogP contribution >= 0.6 is 0 Å². The van der Waals surface area contributed by atoms with E-state index in [1.807, 2.05) is 55.0 Å². The summed E-state index contributed by atoms with van der Waals surface area (Å²) in [6.45, 7) is 0. The minimum atomic E-state index is 0.820. The molecule has 0 aliphatic carbocycles. The van der Waals surface area contributed by atoms with Crippen molar-refractivity contribution in [2.24, 2.45) is 0 Å². The van der Waals surface area contributed by atoms with Gasteiger partial charge in [-0.3, -0.25) is 4.98 Å². The van der Waals surface area contributed by atoms with E-state index in [9.17, 15) is 0 Å². The summed E-state index contributed by atoms with van der Waals surface area (Å²) in [6.07, 6.45) is 9.19. The Morgan fingerprint density at radius 3 is 2.65 bits per heavy atom. The van der Waals surface area contributed by atoms with Crippen molar-refractivity contribution in [1.82, 2.24) is 19.6 Å². The standard InChI is InChI=1S/C18H14N4O/c1-23-16-4-2-3-14(9-16)15-10-20-18-17(11-21-22(18)12-15)13-5-7-19-8-6-13/h2-12H,1H3. The van der Waals surface area contributed by atoms with Gasteiger partial charge >= 0.3 is 0 Å². The molecule has 3 heterocycles. The first-order chi connectivity index (χ1) is 11.3. The van der Waals surface area contributed by atoms with Gasteiger partial charge in [-0.05, 0) is 35.4 Å². The van der Waals surface area contributed by atoms with E-state index in [4.69, 9.17) is 4.74 Å². The van der Waals surface area contributed by atoms with Gasteiger partial charge in [-0.2, -0.15) is 5.10 Å². The van der Waals surface area contributed by atoms with Gasteiger partial charge in [0, 0.05) is 35.9 Å². The molecule has 4 rings (SSSR count). The fraction of sp³-hybridized carbons (Fsp3) is 0.0556. The summed E-state index contributed by atoms with van der Waals surface area (Å²) in [7, 11) is 1.66. The number of ether oxygens (including phenoxy) is 1. The van der Waals surface area contributed by atoms with Crippen LogP contribution in [0.25, 0.3) is 27.9 Å². The number of rotatable bonds is 3. The van der Waals surface area contributed by atoms with Gasteiger partial charge in [0.15, 0.2) is 5.65 Å². The Morgan fingerprint density at radius 1 is 0.957 bits per heavy atom. The Balaban J connectivity index is 1.81. The molecule has 0 bridgehead atoms. The maximum atomic E-state index is 5.28. The van der Waals surface area contributed by atoms with Crippen molar-refractivity contribution in [2.75, 3.05) is 7.11 Å². The molecule has 4 aromatic rings. The van der Waals surface area contributed by atoms with E-state index in [0.29, 0.717) is 0 Å². The van der Waals surface area contributed by atoms with E-state index in [0.717, 1.165) is 33.7 Å². The van der Waals surface area contributed by atoms with Gasteiger partial charge in [0.1, 0.15) is 5.75 Å². The van der Waals surface area contributed by atoms with E-state index in [1.54, 1.807) is 24.0 Å². The Morgan fingerprint density at radius 2 is 1.83 bits per heavy atom. The first kappa shape index (κ1) is 13.5. The van der Waals surface area contributed by atoms with E-state index >= 15 is 0 Å². The Hall–Kier alpha value is -3.21. The largest absolute Gasteiger partial charge is 0.497 e. The molecule has 0 amide bonds. The molecule has 0 aliphatic rings. The van der Waals surface area contributed by atoms with Crippen LogP contribution in [0.15, 0.2) is 67.4 Å². The van der Waals surface area contributed by atoms with Gasteiger partial charge in [0.2, 0.25) is 0 Å². The molecule has 0 saturated carbocycles. The zero-order valence-electron chi connectivity index (χ0n) is 12.5. The molecule has 23 heavy (non-hydrogen) atoms. The zero-order chi connectivity index (χ0) is 15.6. The highest BCUT2D eigenvalue weighted by Crippen LogP contribution is 2.26. The third kappa shape index (κ3) is 2.42. The summed E-state index contributed by atoms with van der Waals surface area (Å²) in [4.78, 5) is 8.63. The molecule has 3 aromatic heterocycles. The summed E-state index contributed by atoms with van der Waals surface area (Å²) in [6, 6.07) is 11.8. The third-order valence-electron chi connectivity index (χ3n) is 3.75. The smallest absolute Gasteiger partial charge is 0.162 e. The van der Waals surface area contributed by atoms with Crippen LogP contribution in [-0.4, -0.2) is 26.7 Å². The Labute approximate surface area is 133 Å². The average Bonchev–Trinajstić information content (AvgIpc) is 3.05. The number of fused-ring (bicyclic) bond motifs is 1. The number of methoxy groups -OCH3 is 1. The summed E-state index contributed by atoms with van der Waals surface area (Å²) in [5.41, 5.74) is 4.89. The molecule has 0 aliphatic heterocycles. The van der Waals surface area contributed by atoms with Crippen LogP contribution in [0.2, 0.25) is 0 Å². The van der Waals surface area contributed by atoms with Crippen LogP contribution < -0.4 is 4.74 Å². The molecule has 0 fully saturated rings. The summed E-state index contributed by atoms with van der Waals surface area (Å²) in [5.74, 6) is 0.820. The molecular formula is C18H14N4O. The third-order valence-corrected chi connectivity index (χ3v) is 3.75. The van der Waals surface area contributed by atoms with E-state index in [1.165, 1.54) is 0 Å². The van der Waals surface area contributed by atoms with E-state index < -0.39 is 0 Å². The van der Waals surface area contributed by atoms with Gasteiger partial charge < -0.3 is 4.74 Å². The lowest BCUT2D eigenvalue weighted by Crippen LogP contribution is -1.92. The predicted octanol–water partition coefficient (Wildman–Crippen LogP) is 3.47. The molecule has 0 N–H and O–H groups in total. The highest BCUT2D eigenvalue weighted by atomic mass is 16.5. The molecule has 0 spiro atoms.